The molecule has 0 unspecified atom stereocenters. The third-order valence-corrected chi connectivity index (χ3v) is 3.12. The maximum absolute atomic E-state index is 9.60. The lowest BCUT2D eigenvalue weighted by molar-refractivity contribution is 0.109. The van der Waals surface area contributed by atoms with Crippen molar-refractivity contribution in [2.24, 2.45) is 0 Å². The van der Waals surface area contributed by atoms with Crippen LogP contribution in [0, 0.1) is 0 Å². The monoisotopic (exact) mass is 289 g/mol. The number of ether oxygens (including phenoxy) is 1. The van der Waals surface area contributed by atoms with Crippen LogP contribution in [0.5, 0.6) is 5.75 Å². The molecule has 0 saturated carbocycles. The maximum atomic E-state index is 9.60. The minimum atomic E-state index is -0.487. The predicted octanol–water partition coefficient (Wildman–Crippen LogP) is 3.61. The molecule has 0 aliphatic carbocycles. The molecular formula is C18H27NO2. The van der Waals surface area contributed by atoms with Crippen LogP contribution in [0.3, 0.4) is 0 Å². The molecule has 3 nitrogen and oxygen atoms in total. The Morgan fingerprint density at radius 3 is 2.38 bits per heavy atom. The molecule has 1 atom stereocenters. The second-order valence-corrected chi connectivity index (χ2v) is 5.00. The van der Waals surface area contributed by atoms with Gasteiger partial charge in [0.1, 0.15) is 18.5 Å². The van der Waals surface area contributed by atoms with E-state index in [0.29, 0.717) is 13.2 Å². The molecule has 0 bridgehead atoms. The van der Waals surface area contributed by atoms with E-state index in [0.717, 1.165) is 16.5 Å². The maximum Gasteiger partial charge on any atom is 0.127 e. The van der Waals surface area contributed by atoms with E-state index < -0.39 is 6.10 Å². The van der Waals surface area contributed by atoms with Crippen LogP contribution in [0.1, 0.15) is 26.7 Å². The van der Waals surface area contributed by atoms with Crippen molar-refractivity contribution < 1.29 is 9.84 Å². The summed E-state index contributed by atoms with van der Waals surface area (Å²) in [5, 5.41) is 14.7. The van der Waals surface area contributed by atoms with Crippen molar-refractivity contribution in [3.63, 3.8) is 0 Å². The third kappa shape index (κ3) is 6.15. The Balaban J connectivity index is 0.000000491. The second-order valence-electron chi connectivity index (χ2n) is 5.00. The van der Waals surface area contributed by atoms with Gasteiger partial charge in [0, 0.05) is 11.9 Å². The Morgan fingerprint density at radius 1 is 1.05 bits per heavy atom. The van der Waals surface area contributed by atoms with Crippen molar-refractivity contribution in [2.75, 3.05) is 20.2 Å². The number of rotatable bonds is 6. The van der Waals surface area contributed by atoms with Gasteiger partial charge < -0.3 is 15.2 Å². The average molecular weight is 289 g/mol. The van der Waals surface area contributed by atoms with Crippen LogP contribution >= 0.6 is 0 Å². The smallest absolute Gasteiger partial charge is 0.127 e. The minimum absolute atomic E-state index is 0.300. The number of hydrogen-bond donors (Lipinski definition) is 2. The lowest BCUT2D eigenvalue weighted by Crippen LogP contribution is -2.29. The molecule has 2 aromatic rings. The lowest BCUT2D eigenvalue weighted by atomic mass is 10.1. The normalized spacial score (nSPS) is 11.6. The topological polar surface area (TPSA) is 41.5 Å². The molecule has 0 spiro atoms. The molecule has 0 amide bonds. The van der Waals surface area contributed by atoms with Gasteiger partial charge in [-0.2, -0.15) is 0 Å². The van der Waals surface area contributed by atoms with Gasteiger partial charge >= 0.3 is 0 Å². The number of hydrogen-bond acceptors (Lipinski definition) is 3. The zero-order valence-electron chi connectivity index (χ0n) is 13.3. The van der Waals surface area contributed by atoms with Gasteiger partial charge in [0.2, 0.25) is 0 Å². The van der Waals surface area contributed by atoms with Gasteiger partial charge in [0.05, 0.1) is 0 Å². The molecular weight excluding hydrogens is 262 g/mol. The first-order valence-electron chi connectivity index (χ1n) is 7.66. The average Bonchev–Trinajstić information content (AvgIpc) is 2.53. The van der Waals surface area contributed by atoms with E-state index >= 15 is 0 Å². The van der Waals surface area contributed by atoms with Crippen molar-refractivity contribution in [1.82, 2.24) is 5.32 Å². The minimum Gasteiger partial charge on any atom is -0.490 e. The van der Waals surface area contributed by atoms with Crippen LogP contribution in [0.25, 0.3) is 10.8 Å². The number of benzene rings is 2. The molecule has 3 heteroatoms. The summed E-state index contributed by atoms with van der Waals surface area (Å²) < 4.78 is 5.64. The van der Waals surface area contributed by atoms with Gasteiger partial charge in [-0.25, -0.2) is 0 Å². The summed E-state index contributed by atoms with van der Waals surface area (Å²) in [4.78, 5) is 0. The Morgan fingerprint density at radius 2 is 1.71 bits per heavy atom. The third-order valence-electron chi connectivity index (χ3n) is 3.12. The fourth-order valence-corrected chi connectivity index (χ4v) is 1.80. The number of likely N-dealkylation sites (N-methyl/N-ethyl adjacent to an activating group) is 1. The highest BCUT2D eigenvalue weighted by atomic mass is 16.5. The van der Waals surface area contributed by atoms with Gasteiger partial charge in [-0.3, -0.25) is 0 Å². The number of fused-ring (bicyclic) bond motifs is 1. The van der Waals surface area contributed by atoms with E-state index in [1.807, 2.05) is 42.5 Å². The van der Waals surface area contributed by atoms with Crippen LogP contribution in [0.2, 0.25) is 0 Å². The van der Waals surface area contributed by atoms with Gasteiger partial charge in [-0.05, 0) is 18.5 Å². The van der Waals surface area contributed by atoms with Crippen LogP contribution < -0.4 is 10.1 Å². The highest BCUT2D eigenvalue weighted by Gasteiger charge is 2.05. The van der Waals surface area contributed by atoms with Crippen LogP contribution in [-0.4, -0.2) is 31.4 Å². The van der Waals surface area contributed by atoms with Crippen molar-refractivity contribution in [2.45, 2.75) is 32.8 Å². The quantitative estimate of drug-likeness (QED) is 0.853. The first kappa shape index (κ1) is 17.5. The summed E-state index contributed by atoms with van der Waals surface area (Å²) in [5.74, 6) is 0.818. The summed E-state index contributed by atoms with van der Waals surface area (Å²) in [6.07, 6.45) is 2.15. The molecule has 0 aliphatic rings. The number of aliphatic hydroxyl groups excluding tert-OH is 1. The molecule has 0 saturated heterocycles. The standard InChI is InChI=1S/C14H17NO2.C4H10/c1-15-9-12(16)10-17-14-8-4-6-11-5-2-3-7-13(11)14;1-3-4-2/h2-8,12,15-16H,9-10H2,1H3;3-4H2,1-2H3/t12-;/m1./s1. The molecule has 2 rings (SSSR count). The van der Waals surface area contributed by atoms with Crippen molar-refractivity contribution in [3.05, 3.63) is 42.5 Å². The highest BCUT2D eigenvalue weighted by molar-refractivity contribution is 5.88. The fourth-order valence-electron chi connectivity index (χ4n) is 1.80. The van der Waals surface area contributed by atoms with Crippen molar-refractivity contribution >= 4 is 10.8 Å². The molecule has 0 aliphatic heterocycles. The van der Waals surface area contributed by atoms with E-state index in [1.54, 1.807) is 7.05 Å². The summed E-state index contributed by atoms with van der Waals surface area (Å²) >= 11 is 0. The van der Waals surface area contributed by atoms with Gasteiger partial charge in [-0.1, -0.05) is 63.1 Å². The Kier molecular flexibility index (Phi) is 8.48. The Labute approximate surface area is 127 Å². The van der Waals surface area contributed by atoms with E-state index in [1.165, 1.54) is 12.8 Å². The van der Waals surface area contributed by atoms with Crippen LogP contribution in [0.15, 0.2) is 42.5 Å². The van der Waals surface area contributed by atoms with E-state index in [-0.39, 0.29) is 0 Å². The zero-order chi connectivity index (χ0) is 15.5. The zero-order valence-corrected chi connectivity index (χ0v) is 13.3. The molecule has 116 valence electrons. The van der Waals surface area contributed by atoms with Crippen molar-refractivity contribution in [3.8, 4) is 5.75 Å². The number of unbranched alkanes of at least 4 members (excludes halogenated alkanes) is 1. The predicted molar refractivity (Wildman–Crippen MR) is 90.0 cm³/mol. The van der Waals surface area contributed by atoms with Crippen LogP contribution in [0.4, 0.5) is 0 Å². The van der Waals surface area contributed by atoms with E-state index in [4.69, 9.17) is 4.74 Å². The summed E-state index contributed by atoms with van der Waals surface area (Å²) in [5.41, 5.74) is 0. The summed E-state index contributed by atoms with van der Waals surface area (Å²) in [6, 6.07) is 14.0. The Bertz CT molecular complexity index is 506. The first-order chi connectivity index (χ1) is 10.2. The van der Waals surface area contributed by atoms with Gasteiger partial charge in [0.25, 0.3) is 0 Å². The molecule has 0 radical (unpaired) electrons. The molecule has 2 N–H and O–H groups in total. The highest BCUT2D eigenvalue weighted by Crippen LogP contribution is 2.25. The molecule has 0 fully saturated rings. The molecule has 0 heterocycles. The molecule has 2 aromatic carbocycles. The number of nitrogens with one attached hydrogen (secondary N) is 1. The lowest BCUT2D eigenvalue weighted by Gasteiger charge is -2.13. The summed E-state index contributed by atoms with van der Waals surface area (Å²) in [6.45, 7) is 5.19. The Hall–Kier alpha value is -1.58. The van der Waals surface area contributed by atoms with E-state index in [2.05, 4.69) is 19.2 Å². The van der Waals surface area contributed by atoms with E-state index in [9.17, 15) is 5.11 Å². The second kappa shape index (κ2) is 10.2. The van der Waals surface area contributed by atoms with Gasteiger partial charge in [-0.15, -0.1) is 0 Å². The fraction of sp³-hybridized carbons (Fsp3) is 0.444. The molecule has 21 heavy (non-hydrogen) atoms. The summed E-state index contributed by atoms with van der Waals surface area (Å²) in [7, 11) is 1.81. The van der Waals surface area contributed by atoms with Crippen LogP contribution in [-0.2, 0) is 0 Å². The van der Waals surface area contributed by atoms with Gasteiger partial charge in [0.15, 0.2) is 0 Å². The first-order valence-corrected chi connectivity index (χ1v) is 7.66. The van der Waals surface area contributed by atoms with Crippen molar-refractivity contribution in [1.29, 1.82) is 0 Å². The molecule has 0 aromatic heterocycles. The number of aliphatic hydroxyl groups is 1. The SMILES string of the molecule is CCCC.CNC[C@@H](O)COc1cccc2ccccc12. The largest absolute Gasteiger partial charge is 0.490 e.